The number of hydrogen-bond acceptors (Lipinski definition) is 2. The minimum Gasteiger partial charge on any atom is -0.293 e. The fourth-order valence-corrected chi connectivity index (χ4v) is 5.74. The first-order valence-electron chi connectivity index (χ1n) is 12.9. The van der Waals surface area contributed by atoms with Gasteiger partial charge in [0.05, 0.1) is 5.92 Å². The average Bonchev–Trinajstić information content (AvgIpc) is 2.80. The Hall–Kier alpha value is -1.48. The van der Waals surface area contributed by atoms with E-state index in [2.05, 4.69) is 29.8 Å². The molecule has 32 heavy (non-hydrogen) atoms. The molecule has 2 atom stereocenters. The van der Waals surface area contributed by atoms with Crippen molar-refractivity contribution >= 4 is 38.3 Å². The van der Waals surface area contributed by atoms with E-state index < -0.39 is 5.92 Å². The summed E-state index contributed by atoms with van der Waals surface area (Å²) < 4.78 is 0.939. The summed E-state index contributed by atoms with van der Waals surface area (Å²) in [5.41, 5.74) is 1.46. The van der Waals surface area contributed by atoms with Crippen molar-refractivity contribution in [2.75, 3.05) is 0 Å². The highest BCUT2D eigenvalue weighted by Crippen LogP contribution is 2.38. The number of Topliss-reactive ketones (excluding diaryl/α,β-unsaturated/α-hetero) is 2. The zero-order chi connectivity index (χ0) is 22.9. The minimum absolute atomic E-state index is 0.0349. The lowest BCUT2D eigenvalue weighted by Gasteiger charge is -2.27. The largest absolute Gasteiger partial charge is 0.293 e. The van der Waals surface area contributed by atoms with Crippen molar-refractivity contribution in [3.8, 4) is 0 Å². The second kappa shape index (κ2) is 12.7. The Bertz CT molecular complexity index is 895. The minimum atomic E-state index is -0.509. The fraction of sp³-hybridized carbons (Fsp3) is 0.586. The summed E-state index contributed by atoms with van der Waals surface area (Å²) in [6.07, 6.45) is 15.7. The van der Waals surface area contributed by atoms with Gasteiger partial charge in [-0.1, -0.05) is 125 Å². The van der Waals surface area contributed by atoms with E-state index in [0.717, 1.165) is 39.2 Å². The molecule has 0 N–H and O–H groups in total. The number of carbonyl (C=O) groups excluding carboxylic acids is 2. The Labute approximate surface area is 202 Å². The molecule has 0 radical (unpaired) electrons. The topological polar surface area (TPSA) is 34.1 Å². The molecular formula is C29H39BrO2. The lowest BCUT2D eigenvalue weighted by Crippen LogP contribution is -2.31. The van der Waals surface area contributed by atoms with Gasteiger partial charge in [-0.2, -0.15) is 0 Å². The molecule has 3 rings (SSSR count). The first kappa shape index (κ1) is 25.1. The molecule has 0 saturated carbocycles. The molecule has 3 heteroatoms. The molecule has 0 fully saturated rings. The second-order valence-corrected chi connectivity index (χ2v) is 10.5. The normalized spacial score (nSPS) is 16.7. The van der Waals surface area contributed by atoms with Gasteiger partial charge in [0.25, 0.3) is 0 Å². The molecule has 0 bridgehead atoms. The SMILES string of the molecule is CCCCCCCCC(CCCCCC)CC1C(=O)c2cccc3c(Br)ccc(c23)C1=O. The zero-order valence-corrected chi connectivity index (χ0v) is 21.5. The molecule has 2 unspecified atom stereocenters. The maximum Gasteiger partial charge on any atom is 0.174 e. The van der Waals surface area contributed by atoms with Crippen LogP contribution in [0.1, 0.15) is 118 Å². The van der Waals surface area contributed by atoms with E-state index in [9.17, 15) is 9.59 Å². The number of halogens is 1. The van der Waals surface area contributed by atoms with Gasteiger partial charge in [0.1, 0.15) is 0 Å². The lowest BCUT2D eigenvalue weighted by atomic mass is 9.74. The number of hydrogen-bond donors (Lipinski definition) is 0. The molecular weight excluding hydrogens is 460 g/mol. The van der Waals surface area contributed by atoms with E-state index in [1.54, 1.807) is 0 Å². The third-order valence-electron chi connectivity index (χ3n) is 7.15. The van der Waals surface area contributed by atoms with E-state index in [4.69, 9.17) is 0 Å². The van der Waals surface area contributed by atoms with E-state index in [1.165, 1.54) is 64.2 Å². The monoisotopic (exact) mass is 498 g/mol. The number of benzene rings is 2. The van der Waals surface area contributed by atoms with Crippen LogP contribution in [0.4, 0.5) is 0 Å². The van der Waals surface area contributed by atoms with Crippen LogP contribution >= 0.6 is 15.9 Å². The molecule has 0 aromatic heterocycles. The van der Waals surface area contributed by atoms with Crippen LogP contribution in [0, 0.1) is 11.8 Å². The molecule has 0 heterocycles. The van der Waals surface area contributed by atoms with E-state index in [1.807, 2.05) is 30.3 Å². The highest BCUT2D eigenvalue weighted by Gasteiger charge is 2.37. The number of carbonyl (C=O) groups is 2. The lowest BCUT2D eigenvalue weighted by molar-refractivity contribution is 0.0774. The second-order valence-electron chi connectivity index (χ2n) is 9.61. The van der Waals surface area contributed by atoms with Gasteiger partial charge in [-0.05, 0) is 29.9 Å². The van der Waals surface area contributed by atoms with Gasteiger partial charge in [0, 0.05) is 21.0 Å². The van der Waals surface area contributed by atoms with Gasteiger partial charge in [-0.15, -0.1) is 0 Å². The maximum absolute atomic E-state index is 13.4. The molecule has 2 nitrogen and oxygen atoms in total. The third kappa shape index (κ3) is 6.10. The summed E-state index contributed by atoms with van der Waals surface area (Å²) in [6, 6.07) is 9.69. The van der Waals surface area contributed by atoms with E-state index >= 15 is 0 Å². The smallest absolute Gasteiger partial charge is 0.174 e. The Morgan fingerprint density at radius 1 is 0.750 bits per heavy atom. The van der Waals surface area contributed by atoms with Crippen molar-refractivity contribution < 1.29 is 9.59 Å². The molecule has 0 spiro atoms. The standard InChI is InChI=1S/C29H39BrO2/c1-3-5-7-9-10-12-15-21(14-11-8-6-4-2)20-25-28(31)23-17-13-16-22-26(30)19-18-24(27(22)23)29(25)32/h13,16-19,21,25H,3-12,14-15,20H2,1-2H3. The number of rotatable bonds is 14. The van der Waals surface area contributed by atoms with Gasteiger partial charge in [-0.3, -0.25) is 9.59 Å². The van der Waals surface area contributed by atoms with Crippen LogP contribution in [0.5, 0.6) is 0 Å². The van der Waals surface area contributed by atoms with Gasteiger partial charge in [0.15, 0.2) is 11.6 Å². The van der Waals surface area contributed by atoms with Crippen LogP contribution in [0.2, 0.25) is 0 Å². The summed E-state index contributed by atoms with van der Waals surface area (Å²) in [5, 5.41) is 1.80. The molecule has 0 saturated heterocycles. The number of ketones is 2. The Morgan fingerprint density at radius 2 is 1.31 bits per heavy atom. The van der Waals surface area contributed by atoms with E-state index in [-0.39, 0.29) is 11.6 Å². The van der Waals surface area contributed by atoms with Crippen LogP contribution in [-0.4, -0.2) is 11.6 Å². The van der Waals surface area contributed by atoms with Gasteiger partial charge in [-0.25, -0.2) is 0 Å². The molecule has 2 aromatic rings. The average molecular weight is 500 g/mol. The van der Waals surface area contributed by atoms with Crippen molar-refractivity contribution in [3.63, 3.8) is 0 Å². The van der Waals surface area contributed by atoms with Crippen molar-refractivity contribution in [1.29, 1.82) is 0 Å². The van der Waals surface area contributed by atoms with Crippen molar-refractivity contribution in [2.45, 2.75) is 97.3 Å². The summed E-state index contributed by atoms with van der Waals surface area (Å²) in [5.74, 6) is 0.0260. The molecule has 2 aromatic carbocycles. The molecule has 0 aliphatic heterocycles. The van der Waals surface area contributed by atoms with Crippen LogP contribution in [0.3, 0.4) is 0 Å². The van der Waals surface area contributed by atoms with Gasteiger partial charge < -0.3 is 0 Å². The zero-order valence-electron chi connectivity index (χ0n) is 19.9. The van der Waals surface area contributed by atoms with Crippen LogP contribution in [-0.2, 0) is 0 Å². The first-order valence-corrected chi connectivity index (χ1v) is 13.7. The van der Waals surface area contributed by atoms with Crippen LogP contribution < -0.4 is 0 Å². The van der Waals surface area contributed by atoms with Crippen molar-refractivity contribution in [2.24, 2.45) is 11.8 Å². The summed E-state index contributed by atoms with van der Waals surface area (Å²) in [6.45, 7) is 4.49. The maximum atomic E-state index is 13.4. The fourth-order valence-electron chi connectivity index (χ4n) is 5.28. The summed E-state index contributed by atoms with van der Waals surface area (Å²) in [4.78, 5) is 26.9. The quantitative estimate of drug-likeness (QED) is 0.192. The third-order valence-corrected chi connectivity index (χ3v) is 7.84. The Kier molecular flexibility index (Phi) is 9.96. The van der Waals surface area contributed by atoms with Gasteiger partial charge in [0.2, 0.25) is 0 Å². The summed E-state index contributed by atoms with van der Waals surface area (Å²) in [7, 11) is 0. The predicted molar refractivity (Wildman–Crippen MR) is 139 cm³/mol. The van der Waals surface area contributed by atoms with Gasteiger partial charge >= 0.3 is 0 Å². The Balaban J connectivity index is 1.72. The highest BCUT2D eigenvalue weighted by atomic mass is 79.9. The highest BCUT2D eigenvalue weighted by molar-refractivity contribution is 9.10. The molecule has 0 amide bonds. The molecule has 1 aliphatic rings. The summed E-state index contributed by atoms with van der Waals surface area (Å²) >= 11 is 3.58. The Morgan fingerprint density at radius 3 is 1.97 bits per heavy atom. The number of unbranched alkanes of at least 4 members (excludes halogenated alkanes) is 8. The van der Waals surface area contributed by atoms with Crippen molar-refractivity contribution in [3.05, 3.63) is 45.9 Å². The van der Waals surface area contributed by atoms with E-state index in [0.29, 0.717) is 12.3 Å². The molecule has 1 aliphatic carbocycles. The van der Waals surface area contributed by atoms with Crippen LogP contribution in [0.25, 0.3) is 10.8 Å². The molecule has 174 valence electrons. The first-order chi connectivity index (χ1) is 15.6. The predicted octanol–water partition coefficient (Wildman–Crippen LogP) is 9.32. The van der Waals surface area contributed by atoms with Crippen LogP contribution in [0.15, 0.2) is 34.8 Å². The van der Waals surface area contributed by atoms with Crippen molar-refractivity contribution in [1.82, 2.24) is 0 Å².